The van der Waals surface area contributed by atoms with E-state index in [1.165, 1.54) is 18.0 Å². The number of aromatic nitrogens is 2. The Hall–Kier alpha value is -3.25. The quantitative estimate of drug-likeness (QED) is 0.556. The van der Waals surface area contributed by atoms with Crippen LogP contribution in [0.25, 0.3) is 10.2 Å². The van der Waals surface area contributed by atoms with E-state index in [4.69, 9.17) is 4.74 Å². The Kier molecular flexibility index (Phi) is 4.80. The molecule has 4 rings (SSSR count). The molecule has 4 aromatic rings. The van der Waals surface area contributed by atoms with Crippen LogP contribution < -0.4 is 10.1 Å². The summed E-state index contributed by atoms with van der Waals surface area (Å²) in [6.07, 6.45) is 2.27. The van der Waals surface area contributed by atoms with Crippen LogP contribution in [0.5, 0.6) is 5.88 Å². The predicted molar refractivity (Wildman–Crippen MR) is 108 cm³/mol. The third kappa shape index (κ3) is 3.96. The first-order valence-electron chi connectivity index (χ1n) is 8.46. The minimum atomic E-state index is -0.205. The van der Waals surface area contributed by atoms with E-state index in [9.17, 15) is 4.79 Å². The second kappa shape index (κ2) is 7.55. The zero-order valence-electron chi connectivity index (χ0n) is 14.7. The Morgan fingerprint density at radius 1 is 1.07 bits per heavy atom. The lowest BCUT2D eigenvalue weighted by Crippen LogP contribution is -2.12. The Morgan fingerprint density at radius 3 is 2.59 bits per heavy atom. The molecule has 27 heavy (non-hydrogen) atoms. The molecule has 2 aromatic heterocycles. The van der Waals surface area contributed by atoms with E-state index in [-0.39, 0.29) is 5.91 Å². The van der Waals surface area contributed by atoms with Gasteiger partial charge < -0.3 is 10.1 Å². The van der Waals surface area contributed by atoms with E-state index < -0.39 is 0 Å². The Morgan fingerprint density at radius 2 is 1.89 bits per heavy atom. The molecule has 0 aliphatic rings. The Balaban J connectivity index is 1.42. The topological polar surface area (TPSA) is 64.1 Å². The number of hydrogen-bond donors (Lipinski definition) is 1. The molecule has 1 N–H and O–H groups in total. The number of benzene rings is 2. The fourth-order valence-corrected chi connectivity index (χ4v) is 3.72. The number of carbonyl (C=O) groups is 1. The number of nitrogens with zero attached hydrogens (tertiary/aromatic N) is 2. The molecule has 1 amide bonds. The number of methoxy groups -OCH3 is 1. The van der Waals surface area contributed by atoms with Crippen LogP contribution in [0.2, 0.25) is 0 Å². The first kappa shape index (κ1) is 17.2. The van der Waals surface area contributed by atoms with Crippen molar-refractivity contribution in [1.82, 2.24) is 9.97 Å². The molecule has 0 bridgehead atoms. The first-order chi connectivity index (χ1) is 13.2. The lowest BCUT2D eigenvalue weighted by Gasteiger charge is -2.06. The van der Waals surface area contributed by atoms with Crippen molar-refractivity contribution < 1.29 is 9.53 Å². The second-order valence-corrected chi connectivity index (χ2v) is 7.11. The maximum atomic E-state index is 12.3. The molecule has 0 radical (unpaired) electrons. The number of hydrogen-bond acceptors (Lipinski definition) is 5. The van der Waals surface area contributed by atoms with Gasteiger partial charge in [0.15, 0.2) is 0 Å². The van der Waals surface area contributed by atoms with Gasteiger partial charge >= 0.3 is 0 Å². The van der Waals surface area contributed by atoms with Crippen LogP contribution in [0.1, 0.15) is 20.9 Å². The Labute approximate surface area is 160 Å². The monoisotopic (exact) mass is 375 g/mol. The smallest absolute Gasteiger partial charge is 0.257 e. The molecule has 0 saturated heterocycles. The summed E-state index contributed by atoms with van der Waals surface area (Å²) < 4.78 is 6.20. The highest BCUT2D eigenvalue weighted by molar-refractivity contribution is 7.18. The van der Waals surface area contributed by atoms with Crippen molar-refractivity contribution in [1.29, 1.82) is 0 Å². The molecule has 0 spiro atoms. The van der Waals surface area contributed by atoms with Crippen molar-refractivity contribution in [3.05, 3.63) is 83.0 Å². The van der Waals surface area contributed by atoms with E-state index >= 15 is 0 Å². The second-order valence-electron chi connectivity index (χ2n) is 5.99. The molecule has 0 fully saturated rings. The molecule has 6 heteroatoms. The summed E-state index contributed by atoms with van der Waals surface area (Å²) in [7, 11) is 1.54. The summed E-state index contributed by atoms with van der Waals surface area (Å²) in [5.41, 5.74) is 3.41. The van der Waals surface area contributed by atoms with Crippen molar-refractivity contribution in [2.45, 2.75) is 6.42 Å². The van der Waals surface area contributed by atoms with Gasteiger partial charge in [-0.3, -0.25) is 4.79 Å². The summed E-state index contributed by atoms with van der Waals surface area (Å²) >= 11 is 1.71. The number of rotatable bonds is 5. The molecule has 134 valence electrons. The normalized spacial score (nSPS) is 10.7. The van der Waals surface area contributed by atoms with Crippen molar-refractivity contribution in [3.63, 3.8) is 0 Å². The summed E-state index contributed by atoms with van der Waals surface area (Å²) in [5.74, 6) is 0.273. The van der Waals surface area contributed by atoms with Crippen molar-refractivity contribution in [2.24, 2.45) is 0 Å². The Bertz CT molecular complexity index is 1040. The molecule has 2 heterocycles. The minimum absolute atomic E-state index is 0.205. The van der Waals surface area contributed by atoms with Crippen LogP contribution in [0.3, 0.4) is 0 Å². The summed E-state index contributed by atoms with van der Waals surface area (Å²) in [6, 6.07) is 19.3. The summed E-state index contributed by atoms with van der Waals surface area (Å²) in [5, 5.41) is 3.96. The highest BCUT2D eigenvalue weighted by Gasteiger charge is 2.08. The van der Waals surface area contributed by atoms with Gasteiger partial charge in [-0.2, -0.15) is 0 Å². The number of thiazole rings is 1. The molecular weight excluding hydrogens is 358 g/mol. The number of fused-ring (bicyclic) bond motifs is 1. The van der Waals surface area contributed by atoms with E-state index in [1.54, 1.807) is 23.5 Å². The average Bonchev–Trinajstić information content (AvgIpc) is 3.12. The van der Waals surface area contributed by atoms with Crippen LogP contribution >= 0.6 is 11.3 Å². The van der Waals surface area contributed by atoms with E-state index in [0.717, 1.165) is 28.2 Å². The zero-order chi connectivity index (χ0) is 18.6. The fourth-order valence-electron chi connectivity index (χ4n) is 2.71. The van der Waals surface area contributed by atoms with Crippen molar-refractivity contribution >= 4 is 33.1 Å². The first-order valence-corrected chi connectivity index (χ1v) is 9.28. The number of para-hydroxylation sites is 1. The van der Waals surface area contributed by atoms with Gasteiger partial charge in [0.05, 0.1) is 27.9 Å². The van der Waals surface area contributed by atoms with E-state index in [1.807, 2.05) is 42.5 Å². The van der Waals surface area contributed by atoms with Crippen molar-refractivity contribution in [2.75, 3.05) is 12.4 Å². The maximum Gasteiger partial charge on any atom is 0.257 e. The van der Waals surface area contributed by atoms with Crippen LogP contribution in [0, 0.1) is 0 Å². The molecule has 0 unspecified atom stereocenters. The van der Waals surface area contributed by atoms with E-state index in [2.05, 4.69) is 21.4 Å². The number of amides is 1. The number of nitrogens with one attached hydrogen (secondary N) is 1. The number of carbonyl (C=O) groups excluding carboxylic acids is 1. The largest absolute Gasteiger partial charge is 0.481 e. The molecule has 0 aliphatic heterocycles. The highest BCUT2D eigenvalue weighted by atomic mass is 32.1. The standard InChI is InChI=1S/C21H17N3O2S/c1-26-19-11-8-15(13-22-19)21(25)23-16-9-6-14(7-10-16)12-20-24-17-4-2-3-5-18(17)27-20/h2-11,13H,12H2,1H3,(H,23,25). The van der Waals surface area contributed by atoms with Gasteiger partial charge in [0, 0.05) is 24.4 Å². The lowest BCUT2D eigenvalue weighted by molar-refractivity contribution is 0.102. The zero-order valence-corrected chi connectivity index (χ0v) is 15.5. The van der Waals surface area contributed by atoms with Crippen molar-refractivity contribution in [3.8, 4) is 5.88 Å². The average molecular weight is 375 g/mol. The molecule has 0 saturated carbocycles. The van der Waals surface area contributed by atoms with Crippen LogP contribution in [0.4, 0.5) is 5.69 Å². The maximum absolute atomic E-state index is 12.3. The van der Waals surface area contributed by atoms with Gasteiger partial charge in [0.25, 0.3) is 5.91 Å². The summed E-state index contributed by atoms with van der Waals surface area (Å²) in [6.45, 7) is 0. The molecule has 0 aliphatic carbocycles. The minimum Gasteiger partial charge on any atom is -0.481 e. The van der Waals surface area contributed by atoms with Gasteiger partial charge in [-0.05, 0) is 35.9 Å². The number of anilines is 1. The van der Waals surface area contributed by atoms with Gasteiger partial charge in [0.2, 0.25) is 5.88 Å². The SMILES string of the molecule is COc1ccc(C(=O)Nc2ccc(Cc3nc4ccccc4s3)cc2)cn1. The summed E-state index contributed by atoms with van der Waals surface area (Å²) in [4.78, 5) is 21.0. The van der Waals surface area contributed by atoms with Crippen LogP contribution in [-0.4, -0.2) is 23.0 Å². The third-order valence-electron chi connectivity index (χ3n) is 4.11. The number of pyridine rings is 1. The van der Waals surface area contributed by atoms with Gasteiger partial charge in [0.1, 0.15) is 0 Å². The van der Waals surface area contributed by atoms with Crippen LogP contribution in [-0.2, 0) is 6.42 Å². The molecule has 2 aromatic carbocycles. The third-order valence-corrected chi connectivity index (χ3v) is 5.15. The van der Waals surface area contributed by atoms with Crippen LogP contribution in [0.15, 0.2) is 66.9 Å². The fraction of sp³-hybridized carbons (Fsp3) is 0.0952. The lowest BCUT2D eigenvalue weighted by atomic mass is 10.1. The van der Waals surface area contributed by atoms with Gasteiger partial charge in [-0.25, -0.2) is 9.97 Å². The highest BCUT2D eigenvalue weighted by Crippen LogP contribution is 2.24. The molecule has 5 nitrogen and oxygen atoms in total. The van der Waals surface area contributed by atoms with Gasteiger partial charge in [-0.15, -0.1) is 11.3 Å². The predicted octanol–water partition coefficient (Wildman–Crippen LogP) is 4.54. The number of ether oxygens (including phenoxy) is 1. The van der Waals surface area contributed by atoms with E-state index in [0.29, 0.717) is 11.4 Å². The molecular formula is C21H17N3O2S. The van der Waals surface area contributed by atoms with Gasteiger partial charge in [-0.1, -0.05) is 24.3 Å². The molecule has 0 atom stereocenters.